The number of hydrogen-bond acceptors (Lipinski definition) is 4. The smallest absolute Gasteiger partial charge is 0.223 e. The van der Waals surface area contributed by atoms with Gasteiger partial charge in [0.1, 0.15) is 11.6 Å². The number of nitrogens with zero attached hydrogens (tertiary/aromatic N) is 1. The van der Waals surface area contributed by atoms with Crippen LogP contribution in [0.25, 0.3) is 0 Å². The molecule has 1 amide bonds. The summed E-state index contributed by atoms with van der Waals surface area (Å²) < 4.78 is 45.3. The summed E-state index contributed by atoms with van der Waals surface area (Å²) in [7, 11) is -1.88. The first-order valence-electron chi connectivity index (χ1n) is 10.9. The molecule has 0 saturated carbocycles. The molecule has 1 atom stereocenters. The van der Waals surface area contributed by atoms with Crippen molar-refractivity contribution in [3.05, 3.63) is 65.0 Å². The number of hydrogen-bond donors (Lipinski definition) is 1. The van der Waals surface area contributed by atoms with Crippen molar-refractivity contribution in [2.75, 3.05) is 20.2 Å². The van der Waals surface area contributed by atoms with E-state index in [-0.39, 0.29) is 23.6 Å². The molecular formula is C24H31FN2O4S. The minimum atomic E-state index is -3.51. The van der Waals surface area contributed by atoms with Crippen LogP contribution < -0.4 is 10.1 Å². The van der Waals surface area contributed by atoms with Crippen molar-refractivity contribution in [3.63, 3.8) is 0 Å². The monoisotopic (exact) mass is 462 g/mol. The van der Waals surface area contributed by atoms with Gasteiger partial charge in [0.05, 0.1) is 18.9 Å². The van der Waals surface area contributed by atoms with Crippen LogP contribution in [0, 0.1) is 18.7 Å². The Morgan fingerprint density at radius 3 is 2.41 bits per heavy atom. The summed E-state index contributed by atoms with van der Waals surface area (Å²) in [6.07, 6.45) is 1.71. The van der Waals surface area contributed by atoms with Crippen molar-refractivity contribution < 1.29 is 22.3 Å². The van der Waals surface area contributed by atoms with E-state index in [0.29, 0.717) is 31.5 Å². The highest BCUT2D eigenvalue weighted by Gasteiger charge is 2.32. The molecule has 0 aromatic heterocycles. The zero-order chi connectivity index (χ0) is 23.3. The second kappa shape index (κ2) is 10.4. The van der Waals surface area contributed by atoms with Gasteiger partial charge in [0.15, 0.2) is 0 Å². The van der Waals surface area contributed by atoms with Gasteiger partial charge in [0.2, 0.25) is 15.9 Å². The molecule has 0 aliphatic carbocycles. The molecule has 8 heteroatoms. The summed E-state index contributed by atoms with van der Waals surface area (Å²) in [5, 5.41) is 3.13. The van der Waals surface area contributed by atoms with Crippen LogP contribution >= 0.6 is 0 Å². The predicted molar refractivity (Wildman–Crippen MR) is 122 cm³/mol. The molecular weight excluding hydrogens is 431 g/mol. The zero-order valence-corrected chi connectivity index (χ0v) is 19.6. The number of carbonyl (C=O) groups is 1. The molecule has 174 valence electrons. The van der Waals surface area contributed by atoms with Crippen molar-refractivity contribution in [2.45, 2.75) is 44.9 Å². The highest BCUT2D eigenvalue weighted by Crippen LogP contribution is 2.26. The molecule has 1 N–H and O–H groups in total. The molecule has 1 aliphatic heterocycles. The van der Waals surface area contributed by atoms with E-state index in [0.717, 1.165) is 23.3 Å². The largest absolute Gasteiger partial charge is 0.496 e. The van der Waals surface area contributed by atoms with E-state index in [9.17, 15) is 17.6 Å². The van der Waals surface area contributed by atoms with Crippen LogP contribution in [0.1, 0.15) is 48.9 Å². The SMILES string of the molecule is CC[C@H](NC(=O)C1CCN(S(=O)(=O)Cc2ccc(F)cc2)CC1)c1ccc(OC)c(C)c1. The van der Waals surface area contributed by atoms with Crippen LogP contribution in [0.4, 0.5) is 4.39 Å². The summed E-state index contributed by atoms with van der Waals surface area (Å²) in [5.74, 6) is -0.0160. The molecule has 0 spiro atoms. The lowest BCUT2D eigenvalue weighted by Crippen LogP contribution is -2.44. The molecule has 6 nitrogen and oxygen atoms in total. The number of benzene rings is 2. The number of nitrogens with one attached hydrogen (secondary N) is 1. The number of sulfonamides is 1. The lowest BCUT2D eigenvalue weighted by Gasteiger charge is -2.31. The van der Waals surface area contributed by atoms with Crippen LogP contribution in [0.15, 0.2) is 42.5 Å². The van der Waals surface area contributed by atoms with E-state index >= 15 is 0 Å². The normalized spacial score (nSPS) is 16.5. The highest BCUT2D eigenvalue weighted by molar-refractivity contribution is 7.88. The number of rotatable bonds is 8. The van der Waals surface area contributed by atoms with Crippen molar-refractivity contribution in [1.29, 1.82) is 0 Å². The average molecular weight is 463 g/mol. The number of piperidine rings is 1. The molecule has 0 radical (unpaired) electrons. The first-order chi connectivity index (χ1) is 15.2. The fraction of sp³-hybridized carbons (Fsp3) is 0.458. The van der Waals surface area contributed by atoms with Crippen LogP contribution in [-0.4, -0.2) is 38.8 Å². The quantitative estimate of drug-likeness (QED) is 0.645. The Morgan fingerprint density at radius 1 is 1.19 bits per heavy atom. The van der Waals surface area contributed by atoms with Gasteiger partial charge in [-0.3, -0.25) is 4.79 Å². The van der Waals surface area contributed by atoms with E-state index in [2.05, 4.69) is 5.32 Å². The van der Waals surface area contributed by atoms with Crippen molar-refractivity contribution in [2.24, 2.45) is 5.92 Å². The molecule has 3 rings (SSSR count). The van der Waals surface area contributed by atoms with Crippen LogP contribution in [0.2, 0.25) is 0 Å². The summed E-state index contributed by atoms with van der Waals surface area (Å²) in [6, 6.07) is 11.3. The first kappa shape index (κ1) is 24.2. The number of ether oxygens (including phenoxy) is 1. The van der Waals surface area contributed by atoms with E-state index in [1.165, 1.54) is 28.6 Å². The Kier molecular flexibility index (Phi) is 7.90. The van der Waals surface area contributed by atoms with E-state index in [1.807, 2.05) is 32.0 Å². The van der Waals surface area contributed by atoms with Gasteiger partial charge in [0.25, 0.3) is 0 Å². The molecule has 1 fully saturated rings. The maximum absolute atomic E-state index is 13.1. The van der Waals surface area contributed by atoms with Crippen molar-refractivity contribution in [1.82, 2.24) is 9.62 Å². The van der Waals surface area contributed by atoms with Gasteiger partial charge in [0, 0.05) is 19.0 Å². The van der Waals surface area contributed by atoms with Crippen molar-refractivity contribution in [3.8, 4) is 5.75 Å². The Labute approximate surface area is 189 Å². The molecule has 1 saturated heterocycles. The number of carbonyl (C=O) groups excluding carboxylic acids is 1. The van der Waals surface area contributed by atoms with Crippen LogP contribution in [-0.2, 0) is 20.6 Å². The van der Waals surface area contributed by atoms with E-state index in [4.69, 9.17) is 4.74 Å². The minimum Gasteiger partial charge on any atom is -0.496 e. The highest BCUT2D eigenvalue weighted by atomic mass is 32.2. The van der Waals surface area contributed by atoms with Crippen LogP contribution in [0.3, 0.4) is 0 Å². The number of methoxy groups -OCH3 is 1. The van der Waals surface area contributed by atoms with Gasteiger partial charge >= 0.3 is 0 Å². The summed E-state index contributed by atoms with van der Waals surface area (Å²) >= 11 is 0. The lowest BCUT2D eigenvalue weighted by atomic mass is 9.95. The molecule has 32 heavy (non-hydrogen) atoms. The fourth-order valence-electron chi connectivity index (χ4n) is 4.11. The molecule has 0 unspecified atom stereocenters. The van der Waals surface area contributed by atoms with E-state index < -0.39 is 15.8 Å². The van der Waals surface area contributed by atoms with Gasteiger partial charge in [-0.1, -0.05) is 31.2 Å². The fourth-order valence-corrected chi connectivity index (χ4v) is 5.67. The molecule has 2 aromatic carbocycles. The summed E-state index contributed by atoms with van der Waals surface area (Å²) in [4.78, 5) is 12.9. The van der Waals surface area contributed by atoms with Gasteiger partial charge in [-0.25, -0.2) is 17.1 Å². The molecule has 1 heterocycles. The molecule has 2 aromatic rings. The third-order valence-corrected chi connectivity index (χ3v) is 7.88. The Hall–Kier alpha value is -2.45. The number of halogens is 1. The standard InChI is InChI=1S/C24H31FN2O4S/c1-4-22(20-7-10-23(31-3)17(2)15-20)26-24(28)19-11-13-27(14-12-19)32(29,30)16-18-5-8-21(25)9-6-18/h5-10,15,19,22H,4,11-14,16H2,1-3H3,(H,26,28)/t22-/m0/s1. The molecule has 0 bridgehead atoms. The van der Waals surface area contributed by atoms with Gasteiger partial charge < -0.3 is 10.1 Å². The maximum atomic E-state index is 13.1. The number of aryl methyl sites for hydroxylation is 1. The predicted octanol–water partition coefficient (Wildman–Crippen LogP) is 3.95. The van der Waals surface area contributed by atoms with Crippen molar-refractivity contribution >= 4 is 15.9 Å². The molecule has 1 aliphatic rings. The summed E-state index contributed by atoms with van der Waals surface area (Å²) in [6.45, 7) is 4.61. The maximum Gasteiger partial charge on any atom is 0.223 e. The second-order valence-corrected chi connectivity index (χ2v) is 10.2. The topological polar surface area (TPSA) is 75.7 Å². The Balaban J connectivity index is 1.57. The third kappa shape index (κ3) is 5.86. The number of amides is 1. The Morgan fingerprint density at radius 2 is 1.84 bits per heavy atom. The second-order valence-electron chi connectivity index (χ2n) is 8.25. The average Bonchev–Trinajstić information content (AvgIpc) is 2.78. The Bertz CT molecular complexity index is 1030. The summed E-state index contributed by atoms with van der Waals surface area (Å²) in [5.41, 5.74) is 2.59. The van der Waals surface area contributed by atoms with Gasteiger partial charge in [-0.15, -0.1) is 0 Å². The van der Waals surface area contributed by atoms with Gasteiger partial charge in [-0.2, -0.15) is 0 Å². The minimum absolute atomic E-state index is 0.0408. The van der Waals surface area contributed by atoms with Crippen LogP contribution in [0.5, 0.6) is 5.75 Å². The first-order valence-corrected chi connectivity index (χ1v) is 12.5. The van der Waals surface area contributed by atoms with Gasteiger partial charge in [-0.05, 0) is 61.1 Å². The lowest BCUT2D eigenvalue weighted by molar-refractivity contribution is -0.126. The third-order valence-electron chi connectivity index (χ3n) is 6.03. The van der Waals surface area contributed by atoms with E-state index in [1.54, 1.807) is 7.11 Å². The zero-order valence-electron chi connectivity index (χ0n) is 18.8.